The van der Waals surface area contributed by atoms with E-state index >= 15 is 0 Å². The first kappa shape index (κ1) is 15.1. The first-order valence-corrected chi connectivity index (χ1v) is 6.94. The van der Waals surface area contributed by atoms with Gasteiger partial charge in [0.2, 0.25) is 0 Å². The predicted octanol–water partition coefficient (Wildman–Crippen LogP) is 4.73. The van der Waals surface area contributed by atoms with Crippen LogP contribution in [0.5, 0.6) is 0 Å². The van der Waals surface area contributed by atoms with Gasteiger partial charge in [-0.2, -0.15) is 0 Å². The number of anilines is 2. The zero-order valence-corrected chi connectivity index (χ0v) is 13.0. The van der Waals surface area contributed by atoms with E-state index in [0.29, 0.717) is 10.2 Å². The van der Waals surface area contributed by atoms with Crippen LogP contribution in [0.25, 0.3) is 0 Å². The van der Waals surface area contributed by atoms with E-state index in [-0.39, 0.29) is 21.3 Å². The summed E-state index contributed by atoms with van der Waals surface area (Å²) in [5, 5.41) is 3.09. The number of amides is 1. The van der Waals surface area contributed by atoms with Gasteiger partial charge in [0.25, 0.3) is 5.91 Å². The van der Waals surface area contributed by atoms with Crippen LogP contribution in [0.1, 0.15) is 10.4 Å². The highest BCUT2D eigenvalue weighted by Crippen LogP contribution is 2.31. The van der Waals surface area contributed by atoms with Gasteiger partial charge in [-0.15, -0.1) is 0 Å². The second-order valence-corrected chi connectivity index (χ2v) is 5.60. The molecule has 0 radical (unpaired) electrons. The lowest BCUT2D eigenvalue weighted by molar-refractivity contribution is 0.102. The summed E-state index contributed by atoms with van der Waals surface area (Å²) in [6.45, 7) is 0. The average Bonchev–Trinajstić information content (AvgIpc) is 2.35. The summed E-state index contributed by atoms with van der Waals surface area (Å²) in [4.78, 5) is 12.1. The third-order valence-electron chi connectivity index (χ3n) is 2.51. The van der Waals surface area contributed by atoms with E-state index < -0.39 is 11.7 Å². The SMILES string of the molecule is Nc1c(Cl)cc(NC(=O)c2ccc(F)cc2Br)cc1Cl. The molecule has 20 heavy (non-hydrogen) atoms. The minimum Gasteiger partial charge on any atom is -0.396 e. The highest BCUT2D eigenvalue weighted by Gasteiger charge is 2.12. The first-order valence-electron chi connectivity index (χ1n) is 5.39. The van der Waals surface area contributed by atoms with Gasteiger partial charge in [-0.3, -0.25) is 4.79 Å². The van der Waals surface area contributed by atoms with Gasteiger partial charge in [0.05, 0.1) is 21.3 Å². The van der Waals surface area contributed by atoms with Crippen LogP contribution in [0.3, 0.4) is 0 Å². The fourth-order valence-corrected chi connectivity index (χ4v) is 2.55. The molecule has 2 aromatic rings. The Morgan fingerprint density at radius 1 is 1.20 bits per heavy atom. The lowest BCUT2D eigenvalue weighted by Gasteiger charge is -2.09. The van der Waals surface area contributed by atoms with Crippen molar-refractivity contribution in [2.24, 2.45) is 0 Å². The third kappa shape index (κ3) is 3.23. The number of hydrogen-bond donors (Lipinski definition) is 2. The Bertz CT molecular complexity index is 671. The van der Waals surface area contributed by atoms with Gasteiger partial charge < -0.3 is 11.1 Å². The molecule has 0 saturated heterocycles. The van der Waals surface area contributed by atoms with Crippen molar-refractivity contribution >= 4 is 56.4 Å². The number of nitrogens with two attached hydrogens (primary N) is 1. The molecule has 104 valence electrons. The number of hydrogen-bond acceptors (Lipinski definition) is 2. The van der Waals surface area contributed by atoms with Gasteiger partial charge in [0, 0.05) is 10.2 Å². The van der Waals surface area contributed by atoms with Crippen LogP contribution in [0.15, 0.2) is 34.8 Å². The maximum Gasteiger partial charge on any atom is 0.256 e. The molecule has 7 heteroatoms. The highest BCUT2D eigenvalue weighted by atomic mass is 79.9. The minimum atomic E-state index is -0.438. The monoisotopic (exact) mass is 376 g/mol. The van der Waals surface area contributed by atoms with Crippen LogP contribution >= 0.6 is 39.1 Å². The van der Waals surface area contributed by atoms with Gasteiger partial charge in [0.1, 0.15) is 5.82 Å². The van der Waals surface area contributed by atoms with Crippen molar-refractivity contribution < 1.29 is 9.18 Å². The number of halogens is 4. The Labute approximate surface area is 133 Å². The van der Waals surface area contributed by atoms with Crippen LogP contribution in [0.2, 0.25) is 10.0 Å². The molecule has 0 aliphatic rings. The smallest absolute Gasteiger partial charge is 0.256 e. The molecule has 0 bridgehead atoms. The number of benzene rings is 2. The summed E-state index contributed by atoms with van der Waals surface area (Å²) in [5.74, 6) is -0.860. The maximum atomic E-state index is 13.0. The lowest BCUT2D eigenvalue weighted by Crippen LogP contribution is -2.13. The molecular weight excluding hydrogens is 370 g/mol. The minimum absolute atomic E-state index is 0.242. The standard InChI is InChI=1S/C13H8BrCl2FN2O/c14-9-3-6(17)1-2-8(9)13(20)19-7-4-10(15)12(18)11(16)5-7/h1-5H,18H2,(H,19,20). The Hall–Kier alpha value is -1.30. The quantitative estimate of drug-likeness (QED) is 0.743. The van der Waals surface area contributed by atoms with Crippen molar-refractivity contribution in [1.82, 2.24) is 0 Å². The van der Waals surface area contributed by atoms with Crippen molar-refractivity contribution in [3.63, 3.8) is 0 Å². The van der Waals surface area contributed by atoms with Crippen molar-refractivity contribution in [1.29, 1.82) is 0 Å². The lowest BCUT2D eigenvalue weighted by atomic mass is 10.2. The summed E-state index contributed by atoms with van der Waals surface area (Å²) in [5.41, 5.74) is 6.54. The molecule has 0 saturated carbocycles. The van der Waals surface area contributed by atoms with Gasteiger partial charge in [-0.25, -0.2) is 4.39 Å². The molecule has 0 fully saturated rings. The Balaban J connectivity index is 2.28. The summed E-state index contributed by atoms with van der Waals surface area (Å²) >= 11 is 14.9. The van der Waals surface area contributed by atoms with Gasteiger partial charge in [-0.05, 0) is 46.3 Å². The number of rotatable bonds is 2. The third-order valence-corrected chi connectivity index (χ3v) is 3.79. The van der Waals surface area contributed by atoms with Crippen LogP contribution in [-0.2, 0) is 0 Å². The molecule has 2 aromatic carbocycles. The summed E-state index contributed by atoms with van der Waals surface area (Å²) in [6.07, 6.45) is 0. The molecule has 1 amide bonds. The fourth-order valence-electron chi connectivity index (χ4n) is 1.53. The molecule has 0 atom stereocenters. The molecule has 3 N–H and O–H groups in total. The Kier molecular flexibility index (Phi) is 4.52. The van der Waals surface area contributed by atoms with E-state index in [0.717, 1.165) is 0 Å². The molecule has 2 rings (SSSR count). The summed E-state index contributed by atoms with van der Waals surface area (Å²) in [7, 11) is 0. The van der Waals surface area contributed by atoms with E-state index in [9.17, 15) is 9.18 Å². The molecule has 0 aliphatic carbocycles. The molecule has 0 heterocycles. The molecular formula is C13H8BrCl2FN2O. The predicted molar refractivity (Wildman–Crippen MR) is 82.9 cm³/mol. The normalized spacial score (nSPS) is 10.4. The fraction of sp³-hybridized carbons (Fsp3) is 0. The summed E-state index contributed by atoms with van der Waals surface area (Å²) < 4.78 is 13.3. The second-order valence-electron chi connectivity index (χ2n) is 3.93. The molecule has 0 unspecified atom stereocenters. The van der Waals surface area contributed by atoms with Gasteiger partial charge in [-0.1, -0.05) is 23.2 Å². The topological polar surface area (TPSA) is 55.1 Å². The molecule has 3 nitrogen and oxygen atoms in total. The van der Waals surface area contributed by atoms with Crippen molar-refractivity contribution in [3.8, 4) is 0 Å². The van der Waals surface area contributed by atoms with Crippen LogP contribution < -0.4 is 11.1 Å². The van der Waals surface area contributed by atoms with Crippen molar-refractivity contribution in [2.45, 2.75) is 0 Å². The average molecular weight is 378 g/mol. The number of nitrogen functional groups attached to an aromatic ring is 1. The molecule has 0 aliphatic heterocycles. The van der Waals surface area contributed by atoms with E-state index in [1.165, 1.54) is 30.3 Å². The van der Waals surface area contributed by atoms with Crippen molar-refractivity contribution in [3.05, 3.63) is 56.2 Å². The zero-order chi connectivity index (χ0) is 14.9. The summed E-state index contributed by atoms with van der Waals surface area (Å²) in [6, 6.07) is 6.74. The maximum absolute atomic E-state index is 13.0. The molecule has 0 spiro atoms. The number of carbonyl (C=O) groups excluding carboxylic acids is 1. The van der Waals surface area contributed by atoms with Crippen LogP contribution in [0, 0.1) is 5.82 Å². The Morgan fingerprint density at radius 3 is 2.35 bits per heavy atom. The number of carbonyl (C=O) groups is 1. The zero-order valence-electron chi connectivity index (χ0n) is 9.88. The van der Waals surface area contributed by atoms with Gasteiger partial charge in [0.15, 0.2) is 0 Å². The highest BCUT2D eigenvalue weighted by molar-refractivity contribution is 9.10. The van der Waals surface area contributed by atoms with E-state index in [1.807, 2.05) is 0 Å². The van der Waals surface area contributed by atoms with E-state index in [1.54, 1.807) is 0 Å². The van der Waals surface area contributed by atoms with E-state index in [2.05, 4.69) is 21.2 Å². The first-order chi connectivity index (χ1) is 9.38. The van der Waals surface area contributed by atoms with E-state index in [4.69, 9.17) is 28.9 Å². The van der Waals surface area contributed by atoms with Gasteiger partial charge >= 0.3 is 0 Å². The number of nitrogens with one attached hydrogen (secondary N) is 1. The second kappa shape index (κ2) is 5.99. The van der Waals surface area contributed by atoms with Crippen LogP contribution in [0.4, 0.5) is 15.8 Å². The van der Waals surface area contributed by atoms with Crippen molar-refractivity contribution in [2.75, 3.05) is 11.1 Å². The molecule has 0 aromatic heterocycles. The largest absolute Gasteiger partial charge is 0.396 e. The van der Waals surface area contributed by atoms with Crippen LogP contribution in [-0.4, -0.2) is 5.91 Å². The Morgan fingerprint density at radius 2 is 1.80 bits per heavy atom.